The minimum atomic E-state index is -4.53. The van der Waals surface area contributed by atoms with E-state index in [9.17, 15) is 9.46 Å². The monoisotopic (exact) mass is 584 g/mol. The van der Waals surface area contributed by atoms with Crippen LogP contribution in [0.25, 0.3) is 0 Å². The van der Waals surface area contributed by atoms with Crippen LogP contribution < -0.4 is 23.5 Å². The predicted molar refractivity (Wildman–Crippen MR) is 159 cm³/mol. The highest BCUT2D eigenvalue weighted by Crippen LogP contribution is 2.45. The van der Waals surface area contributed by atoms with Gasteiger partial charge in [0, 0.05) is 6.42 Å². The number of phosphoric ester groups is 1. The lowest BCUT2D eigenvalue weighted by molar-refractivity contribution is 0.0537. The van der Waals surface area contributed by atoms with Gasteiger partial charge in [-0.1, -0.05) is 71.9 Å². The molecule has 3 aromatic rings. The Hall–Kier alpha value is -3.19. The van der Waals surface area contributed by atoms with Crippen LogP contribution in [0.15, 0.2) is 66.7 Å². The van der Waals surface area contributed by atoms with Crippen LogP contribution >= 0.6 is 7.82 Å². The van der Waals surface area contributed by atoms with Gasteiger partial charge in [-0.3, -0.25) is 9.42 Å². The van der Waals surface area contributed by atoms with Crippen molar-refractivity contribution in [1.82, 2.24) is 0 Å². The van der Waals surface area contributed by atoms with Crippen LogP contribution in [-0.2, 0) is 19.9 Å². The van der Waals surface area contributed by atoms with Gasteiger partial charge in [0.1, 0.15) is 25.1 Å². The Kier molecular flexibility index (Phi) is 9.58. The summed E-state index contributed by atoms with van der Waals surface area (Å²) < 4.78 is 48.4. The summed E-state index contributed by atoms with van der Waals surface area (Å²) in [4.78, 5) is 10.6. The second kappa shape index (κ2) is 12.8. The molecule has 0 saturated carbocycles. The lowest BCUT2D eigenvalue weighted by atomic mass is 9.87. The largest absolute Gasteiger partial charge is 0.527 e. The molecule has 0 radical (unpaired) electrons. The molecule has 0 aliphatic carbocycles. The second-order valence-electron chi connectivity index (χ2n) is 12.1. The number of benzene rings is 3. The number of phosphoric acid groups is 1. The van der Waals surface area contributed by atoms with Crippen molar-refractivity contribution < 1.29 is 37.5 Å². The average Bonchev–Trinajstić information content (AvgIpc) is 2.89. The normalized spacial score (nSPS) is 18.1. The van der Waals surface area contributed by atoms with E-state index in [2.05, 4.69) is 41.5 Å². The van der Waals surface area contributed by atoms with Gasteiger partial charge in [0.2, 0.25) is 0 Å². The maximum absolute atomic E-state index is 13.0. The van der Waals surface area contributed by atoms with Crippen LogP contribution in [0.5, 0.6) is 28.7 Å². The summed E-state index contributed by atoms with van der Waals surface area (Å²) in [7, 11) is -4.53. The number of ether oxygens (including phenoxy) is 4. The van der Waals surface area contributed by atoms with E-state index in [1.165, 1.54) is 0 Å². The molecule has 0 fully saturated rings. The smallest absolute Gasteiger partial charge is 0.490 e. The molecule has 222 valence electrons. The number of hydrogen-bond acceptors (Lipinski definition) is 7. The fourth-order valence-corrected chi connectivity index (χ4v) is 5.06. The van der Waals surface area contributed by atoms with Crippen molar-refractivity contribution in [3.63, 3.8) is 0 Å². The maximum atomic E-state index is 13.0. The summed E-state index contributed by atoms with van der Waals surface area (Å²) in [6, 6.07) is 20.0. The van der Waals surface area contributed by atoms with Crippen molar-refractivity contribution in [2.45, 2.75) is 64.9 Å². The first-order valence-electron chi connectivity index (χ1n) is 13.9. The molecule has 1 N–H and O–H groups in total. The number of para-hydroxylation sites is 1. The van der Waals surface area contributed by atoms with Crippen molar-refractivity contribution in [2.75, 3.05) is 26.4 Å². The van der Waals surface area contributed by atoms with Crippen molar-refractivity contribution in [3.05, 3.63) is 77.9 Å². The van der Waals surface area contributed by atoms with E-state index in [1.54, 1.807) is 30.3 Å². The zero-order valence-electron chi connectivity index (χ0n) is 24.7. The zero-order valence-corrected chi connectivity index (χ0v) is 25.6. The quantitative estimate of drug-likeness (QED) is 0.316. The average molecular weight is 585 g/mol. The lowest BCUT2D eigenvalue weighted by Crippen LogP contribution is -2.29. The third-order valence-corrected chi connectivity index (χ3v) is 7.53. The van der Waals surface area contributed by atoms with Gasteiger partial charge in [0.15, 0.2) is 23.0 Å². The van der Waals surface area contributed by atoms with Gasteiger partial charge in [-0.2, -0.15) is 0 Å². The summed E-state index contributed by atoms with van der Waals surface area (Å²) in [6.07, 6.45) is -0.325. The SMILES string of the molecule is CC(C)(C)c1ccc2c(c1)OCCCOc1ccc(C(C)(C)C)cc1OCC(OP(=O)(O)Oc1ccccc1)CO2. The van der Waals surface area contributed by atoms with E-state index < -0.39 is 13.9 Å². The van der Waals surface area contributed by atoms with Gasteiger partial charge in [-0.25, -0.2) is 4.57 Å². The maximum Gasteiger partial charge on any atom is 0.527 e. The van der Waals surface area contributed by atoms with E-state index in [-0.39, 0.29) is 29.8 Å². The molecule has 1 aliphatic heterocycles. The highest BCUT2D eigenvalue weighted by Gasteiger charge is 2.30. The van der Waals surface area contributed by atoms with Gasteiger partial charge in [-0.15, -0.1) is 0 Å². The molecule has 1 aliphatic rings. The Bertz CT molecular complexity index is 1340. The lowest BCUT2D eigenvalue weighted by Gasteiger charge is -2.25. The van der Waals surface area contributed by atoms with E-state index in [0.717, 1.165) is 11.1 Å². The third-order valence-electron chi connectivity index (χ3n) is 6.52. The van der Waals surface area contributed by atoms with Crippen molar-refractivity contribution in [1.29, 1.82) is 0 Å². The second-order valence-corrected chi connectivity index (χ2v) is 13.4. The first-order valence-corrected chi connectivity index (χ1v) is 15.4. The van der Waals surface area contributed by atoms with Crippen molar-refractivity contribution in [2.24, 2.45) is 0 Å². The molecule has 8 nitrogen and oxygen atoms in total. The molecule has 2 atom stereocenters. The summed E-state index contributed by atoms with van der Waals surface area (Å²) in [6.45, 7) is 13.4. The molecule has 0 amide bonds. The van der Waals surface area contributed by atoms with Gasteiger partial charge in [-0.05, 0) is 58.4 Å². The van der Waals surface area contributed by atoms with E-state index in [4.69, 9.17) is 28.0 Å². The van der Waals surface area contributed by atoms with E-state index in [0.29, 0.717) is 42.6 Å². The first-order chi connectivity index (χ1) is 19.3. The summed E-state index contributed by atoms with van der Waals surface area (Å²) in [5.74, 6) is 2.37. The Morgan fingerprint density at radius 1 is 0.707 bits per heavy atom. The van der Waals surface area contributed by atoms with Gasteiger partial charge >= 0.3 is 7.82 Å². The van der Waals surface area contributed by atoms with E-state index in [1.807, 2.05) is 36.4 Å². The Morgan fingerprint density at radius 3 is 1.76 bits per heavy atom. The summed E-state index contributed by atoms with van der Waals surface area (Å²) >= 11 is 0. The standard InChI is InChI=1S/C32H41O8P/c1-31(2,3)23-14-16-28-29(19-23)36-18-10-17-35-27-15-13-24(32(4,5)6)20-30(27)38-22-26(21-37-28)40-41(33,34)39-25-11-8-7-9-12-25/h7-9,11-16,19-20,26H,10,17-18,21-22H2,1-6H3,(H,33,34). The van der Waals surface area contributed by atoms with Crippen LogP contribution in [0.4, 0.5) is 0 Å². The van der Waals surface area contributed by atoms with Gasteiger partial charge < -0.3 is 23.5 Å². The Morgan fingerprint density at radius 2 is 1.20 bits per heavy atom. The van der Waals surface area contributed by atoms with Gasteiger partial charge in [0.25, 0.3) is 0 Å². The van der Waals surface area contributed by atoms with Crippen molar-refractivity contribution >= 4 is 7.82 Å². The zero-order chi connectivity index (χ0) is 29.7. The molecule has 0 bridgehead atoms. The first kappa shape index (κ1) is 30.8. The fourth-order valence-electron chi connectivity index (χ4n) is 4.14. The van der Waals surface area contributed by atoms with Crippen LogP contribution in [-0.4, -0.2) is 37.4 Å². The van der Waals surface area contributed by atoms with E-state index >= 15 is 0 Å². The third kappa shape index (κ3) is 8.90. The molecule has 4 rings (SSSR count). The molecule has 0 aromatic heterocycles. The highest BCUT2D eigenvalue weighted by atomic mass is 31.2. The van der Waals surface area contributed by atoms with Crippen LogP contribution in [0.2, 0.25) is 0 Å². The predicted octanol–water partition coefficient (Wildman–Crippen LogP) is 7.47. The van der Waals surface area contributed by atoms with Gasteiger partial charge in [0.05, 0.1) is 13.2 Å². The van der Waals surface area contributed by atoms with Crippen molar-refractivity contribution in [3.8, 4) is 28.7 Å². The Labute approximate surface area is 243 Å². The topological polar surface area (TPSA) is 92.7 Å². The number of fused-ring (bicyclic) bond motifs is 2. The molecule has 9 heteroatoms. The number of rotatable bonds is 4. The van der Waals surface area contributed by atoms with Crippen LogP contribution in [0, 0.1) is 0 Å². The van der Waals surface area contributed by atoms with Crippen LogP contribution in [0.3, 0.4) is 0 Å². The number of hydrogen-bond donors (Lipinski definition) is 1. The summed E-state index contributed by atoms with van der Waals surface area (Å²) in [5.41, 5.74) is 1.94. The highest BCUT2D eigenvalue weighted by molar-refractivity contribution is 7.47. The summed E-state index contributed by atoms with van der Waals surface area (Å²) in [5, 5.41) is 0. The molecule has 3 aromatic carbocycles. The molecule has 0 spiro atoms. The Balaban J connectivity index is 1.63. The molecule has 41 heavy (non-hydrogen) atoms. The van der Waals surface area contributed by atoms with Crippen LogP contribution in [0.1, 0.15) is 59.1 Å². The minimum absolute atomic E-state index is 0.0893. The molecular weight excluding hydrogens is 543 g/mol. The molecular formula is C32H41O8P. The molecule has 2 unspecified atom stereocenters. The minimum Gasteiger partial charge on any atom is -0.490 e. The molecule has 1 heterocycles. The molecule has 0 saturated heterocycles. The fraction of sp³-hybridized carbons (Fsp3) is 0.438.